The topological polar surface area (TPSA) is 49.8 Å². The molecule has 1 rings (SSSR count). The minimum Gasteiger partial charge on any atom is -0.495 e. The number of hydrogen-bond donors (Lipinski definition) is 1. The van der Waals surface area contributed by atoms with Crippen molar-refractivity contribution in [2.45, 2.75) is 6.42 Å². The molecular weight excluding hydrogens is 194 g/mol. The molecule has 4 heteroatoms. The summed E-state index contributed by atoms with van der Waals surface area (Å²) in [6.07, 6.45) is 0.120. The second kappa shape index (κ2) is 5.36. The van der Waals surface area contributed by atoms with E-state index < -0.39 is 0 Å². The van der Waals surface area contributed by atoms with Crippen molar-refractivity contribution in [1.82, 2.24) is 0 Å². The van der Waals surface area contributed by atoms with E-state index >= 15 is 0 Å². The molecule has 0 saturated carbocycles. The van der Waals surface area contributed by atoms with Crippen molar-refractivity contribution in [1.29, 1.82) is 0 Å². The quantitative estimate of drug-likeness (QED) is 0.806. The second-order valence-corrected chi connectivity index (χ2v) is 3.10. The molecule has 1 aromatic rings. The van der Waals surface area contributed by atoms with Gasteiger partial charge in [0.15, 0.2) is 0 Å². The third kappa shape index (κ3) is 2.70. The molecule has 0 radical (unpaired) electrons. The molecule has 4 nitrogen and oxygen atoms in total. The molecule has 0 aliphatic heterocycles. The number of benzene rings is 1. The molecular formula is C11H15NO3. The van der Waals surface area contributed by atoms with E-state index in [2.05, 4.69) is 0 Å². The molecule has 0 aliphatic rings. The standard InChI is InChI=1S/C11H15NO3/c1-12(11(14)7-8-13)9-5-3-4-6-10(9)15-2/h3-6,13H,7-8H2,1-2H3. The van der Waals surface area contributed by atoms with Crippen LogP contribution in [0.25, 0.3) is 0 Å². The van der Waals surface area contributed by atoms with Crippen molar-refractivity contribution in [2.75, 3.05) is 25.7 Å². The molecule has 1 amide bonds. The van der Waals surface area contributed by atoms with Crippen molar-refractivity contribution >= 4 is 11.6 Å². The molecule has 0 spiro atoms. The van der Waals surface area contributed by atoms with E-state index in [1.807, 2.05) is 12.1 Å². The molecule has 82 valence electrons. The van der Waals surface area contributed by atoms with Crippen LogP contribution in [0.5, 0.6) is 5.75 Å². The smallest absolute Gasteiger partial charge is 0.229 e. The zero-order valence-electron chi connectivity index (χ0n) is 8.93. The van der Waals surface area contributed by atoms with Gasteiger partial charge in [0, 0.05) is 7.05 Å². The Labute approximate surface area is 89.1 Å². The van der Waals surface area contributed by atoms with Gasteiger partial charge in [0.05, 0.1) is 25.8 Å². The lowest BCUT2D eigenvalue weighted by Crippen LogP contribution is -2.27. The summed E-state index contributed by atoms with van der Waals surface area (Å²) in [5.41, 5.74) is 0.707. The predicted octanol–water partition coefficient (Wildman–Crippen LogP) is 1.04. The Bertz CT molecular complexity index is 338. The van der Waals surface area contributed by atoms with Gasteiger partial charge in [-0.2, -0.15) is 0 Å². The minimum atomic E-state index is -0.141. The highest BCUT2D eigenvalue weighted by Gasteiger charge is 2.13. The normalized spacial score (nSPS) is 9.80. The number of rotatable bonds is 4. The SMILES string of the molecule is COc1ccccc1N(C)C(=O)CCO. The fourth-order valence-corrected chi connectivity index (χ4v) is 1.30. The van der Waals surface area contributed by atoms with Gasteiger partial charge in [0.1, 0.15) is 5.75 Å². The van der Waals surface area contributed by atoms with Gasteiger partial charge in [0.25, 0.3) is 0 Å². The number of hydrogen-bond acceptors (Lipinski definition) is 3. The van der Waals surface area contributed by atoms with E-state index in [1.54, 1.807) is 26.3 Å². The van der Waals surface area contributed by atoms with Gasteiger partial charge in [-0.15, -0.1) is 0 Å². The fourth-order valence-electron chi connectivity index (χ4n) is 1.30. The second-order valence-electron chi connectivity index (χ2n) is 3.10. The number of para-hydroxylation sites is 2. The lowest BCUT2D eigenvalue weighted by molar-refractivity contribution is -0.118. The first-order valence-corrected chi connectivity index (χ1v) is 4.71. The average molecular weight is 209 g/mol. The lowest BCUT2D eigenvalue weighted by atomic mass is 10.2. The highest BCUT2D eigenvalue weighted by Crippen LogP contribution is 2.26. The summed E-state index contributed by atoms with van der Waals surface area (Å²) in [6.45, 7) is -0.141. The first-order valence-electron chi connectivity index (χ1n) is 4.71. The summed E-state index contributed by atoms with van der Waals surface area (Å²) < 4.78 is 5.14. The molecule has 0 aromatic heterocycles. The van der Waals surface area contributed by atoms with E-state index in [-0.39, 0.29) is 18.9 Å². The summed E-state index contributed by atoms with van der Waals surface area (Å²) in [7, 11) is 3.22. The molecule has 0 atom stereocenters. The number of carbonyl (C=O) groups excluding carboxylic acids is 1. The van der Waals surface area contributed by atoms with E-state index in [4.69, 9.17) is 9.84 Å². The minimum absolute atomic E-state index is 0.120. The van der Waals surface area contributed by atoms with Gasteiger partial charge in [0.2, 0.25) is 5.91 Å². The maximum Gasteiger partial charge on any atom is 0.229 e. The van der Waals surface area contributed by atoms with Gasteiger partial charge >= 0.3 is 0 Å². The van der Waals surface area contributed by atoms with Crippen LogP contribution in [0.4, 0.5) is 5.69 Å². The Kier molecular flexibility index (Phi) is 4.12. The first-order chi connectivity index (χ1) is 7.20. The van der Waals surface area contributed by atoms with Gasteiger partial charge in [-0.25, -0.2) is 0 Å². The molecule has 0 saturated heterocycles. The average Bonchev–Trinajstić information content (AvgIpc) is 2.28. The Morgan fingerprint density at radius 3 is 2.73 bits per heavy atom. The van der Waals surface area contributed by atoms with Crippen LogP contribution in [0.2, 0.25) is 0 Å². The molecule has 1 N–H and O–H groups in total. The summed E-state index contributed by atoms with van der Waals surface area (Å²) in [4.78, 5) is 13.0. The van der Waals surface area contributed by atoms with Crippen molar-refractivity contribution in [2.24, 2.45) is 0 Å². The molecule has 0 unspecified atom stereocenters. The molecule has 0 aliphatic carbocycles. The number of nitrogens with zero attached hydrogens (tertiary/aromatic N) is 1. The Morgan fingerprint density at radius 2 is 2.13 bits per heavy atom. The molecule has 0 bridgehead atoms. The molecule has 0 heterocycles. The molecule has 15 heavy (non-hydrogen) atoms. The highest BCUT2D eigenvalue weighted by molar-refractivity contribution is 5.94. The maximum absolute atomic E-state index is 11.5. The highest BCUT2D eigenvalue weighted by atomic mass is 16.5. The summed E-state index contributed by atoms with van der Waals surface area (Å²) in [5.74, 6) is 0.508. The van der Waals surface area contributed by atoms with Crippen LogP contribution >= 0.6 is 0 Å². The monoisotopic (exact) mass is 209 g/mol. The number of carbonyl (C=O) groups is 1. The number of amides is 1. The van der Waals surface area contributed by atoms with E-state index in [0.29, 0.717) is 11.4 Å². The van der Waals surface area contributed by atoms with Crippen LogP contribution in [-0.2, 0) is 4.79 Å². The van der Waals surface area contributed by atoms with Crippen LogP contribution in [0.1, 0.15) is 6.42 Å². The summed E-state index contributed by atoms with van der Waals surface area (Å²) in [5, 5.41) is 8.68. The van der Waals surface area contributed by atoms with Gasteiger partial charge < -0.3 is 14.7 Å². The van der Waals surface area contributed by atoms with Crippen LogP contribution in [-0.4, -0.2) is 31.8 Å². The first kappa shape index (κ1) is 11.5. The Balaban J connectivity index is 2.89. The van der Waals surface area contributed by atoms with E-state index in [0.717, 1.165) is 0 Å². The fraction of sp³-hybridized carbons (Fsp3) is 0.364. The lowest BCUT2D eigenvalue weighted by Gasteiger charge is -2.19. The molecule has 0 fully saturated rings. The van der Waals surface area contributed by atoms with Crippen LogP contribution in [0.15, 0.2) is 24.3 Å². The largest absolute Gasteiger partial charge is 0.495 e. The zero-order chi connectivity index (χ0) is 11.3. The van der Waals surface area contributed by atoms with Crippen LogP contribution in [0.3, 0.4) is 0 Å². The number of ether oxygens (including phenoxy) is 1. The van der Waals surface area contributed by atoms with Crippen molar-refractivity contribution in [3.8, 4) is 5.75 Å². The number of aliphatic hydroxyl groups excluding tert-OH is 1. The van der Waals surface area contributed by atoms with Crippen LogP contribution in [0, 0.1) is 0 Å². The summed E-state index contributed by atoms with van der Waals surface area (Å²) >= 11 is 0. The van der Waals surface area contributed by atoms with Crippen LogP contribution < -0.4 is 9.64 Å². The van der Waals surface area contributed by atoms with Crippen molar-refractivity contribution < 1.29 is 14.6 Å². The number of aliphatic hydroxyl groups is 1. The number of anilines is 1. The zero-order valence-corrected chi connectivity index (χ0v) is 8.93. The Hall–Kier alpha value is -1.55. The molecule has 1 aromatic carbocycles. The van der Waals surface area contributed by atoms with Gasteiger partial charge in [-0.05, 0) is 12.1 Å². The van der Waals surface area contributed by atoms with Crippen molar-refractivity contribution in [3.05, 3.63) is 24.3 Å². The van der Waals surface area contributed by atoms with E-state index in [9.17, 15) is 4.79 Å². The van der Waals surface area contributed by atoms with Gasteiger partial charge in [-0.3, -0.25) is 4.79 Å². The predicted molar refractivity (Wildman–Crippen MR) is 58.1 cm³/mol. The third-order valence-corrected chi connectivity index (χ3v) is 2.15. The van der Waals surface area contributed by atoms with Crippen molar-refractivity contribution in [3.63, 3.8) is 0 Å². The van der Waals surface area contributed by atoms with Gasteiger partial charge in [-0.1, -0.05) is 12.1 Å². The summed E-state index contributed by atoms with van der Waals surface area (Å²) in [6, 6.07) is 7.26. The third-order valence-electron chi connectivity index (χ3n) is 2.15. The van der Waals surface area contributed by atoms with E-state index in [1.165, 1.54) is 4.90 Å². The Morgan fingerprint density at radius 1 is 1.47 bits per heavy atom. The number of methoxy groups -OCH3 is 1. The maximum atomic E-state index is 11.5.